The van der Waals surface area contributed by atoms with Crippen molar-refractivity contribution in [2.75, 3.05) is 6.61 Å². The number of non-ortho nitro benzene ring substituents is 1. The second-order valence-electron chi connectivity index (χ2n) is 7.79. The van der Waals surface area contributed by atoms with Crippen molar-refractivity contribution in [1.29, 1.82) is 0 Å². The number of nitro groups is 1. The van der Waals surface area contributed by atoms with Crippen molar-refractivity contribution in [3.05, 3.63) is 46.5 Å². The lowest BCUT2D eigenvalue weighted by molar-refractivity contribution is -0.384. The molecule has 2 saturated heterocycles. The Labute approximate surface area is 157 Å². The van der Waals surface area contributed by atoms with Crippen molar-refractivity contribution in [3.63, 3.8) is 0 Å². The number of ketones is 1. The maximum atomic E-state index is 13.5. The van der Waals surface area contributed by atoms with Gasteiger partial charge in [0.1, 0.15) is 6.10 Å². The molecule has 2 fully saturated rings. The normalized spacial score (nSPS) is 32.3. The molecule has 0 radical (unpaired) electrons. The van der Waals surface area contributed by atoms with E-state index in [9.17, 15) is 23.3 Å². The molecule has 27 heavy (non-hydrogen) atoms. The fourth-order valence-electron chi connectivity index (χ4n) is 4.44. The summed E-state index contributed by atoms with van der Waals surface area (Å²) in [4.78, 5) is 23.3. The lowest BCUT2D eigenvalue weighted by Crippen LogP contribution is -2.71. The Balaban J connectivity index is 1.84. The van der Waals surface area contributed by atoms with Crippen LogP contribution in [-0.2, 0) is 19.6 Å². The molecule has 0 aliphatic carbocycles. The van der Waals surface area contributed by atoms with Crippen molar-refractivity contribution in [1.82, 2.24) is 4.31 Å². The zero-order valence-electron chi connectivity index (χ0n) is 15.0. The highest BCUT2D eigenvalue weighted by molar-refractivity contribution is 7.89. The summed E-state index contributed by atoms with van der Waals surface area (Å²) in [6.07, 6.45) is 3.89. The molecule has 0 amide bonds. The topological polar surface area (TPSA) is 107 Å². The molecule has 8 nitrogen and oxygen atoms in total. The summed E-state index contributed by atoms with van der Waals surface area (Å²) in [6, 6.07) is 4.21. The molecule has 3 aliphatic rings. The van der Waals surface area contributed by atoms with E-state index in [2.05, 4.69) is 0 Å². The highest BCUT2D eigenvalue weighted by atomic mass is 32.2. The highest BCUT2D eigenvalue weighted by Gasteiger charge is 2.66. The van der Waals surface area contributed by atoms with Crippen LogP contribution in [0.1, 0.15) is 26.7 Å². The third-order valence-corrected chi connectivity index (χ3v) is 7.86. The molecule has 0 unspecified atom stereocenters. The van der Waals surface area contributed by atoms with Crippen molar-refractivity contribution in [2.45, 2.75) is 49.3 Å². The SMILES string of the molecule is CC1(C)C(=O)[C@@H]2OCCC[C@]23C=C[C@H]1N3S(=O)(=O)c1ccc([N+](=O)[O-])cc1. The van der Waals surface area contributed by atoms with Crippen molar-refractivity contribution >= 4 is 21.5 Å². The predicted molar refractivity (Wildman–Crippen MR) is 95.5 cm³/mol. The van der Waals surface area contributed by atoms with E-state index in [0.717, 1.165) is 0 Å². The molecule has 0 aromatic heterocycles. The summed E-state index contributed by atoms with van der Waals surface area (Å²) >= 11 is 0. The molecule has 3 aliphatic heterocycles. The van der Waals surface area contributed by atoms with Gasteiger partial charge in [-0.2, -0.15) is 4.31 Å². The highest BCUT2D eigenvalue weighted by Crippen LogP contribution is 2.53. The van der Waals surface area contributed by atoms with Gasteiger partial charge in [0.05, 0.1) is 21.4 Å². The van der Waals surface area contributed by atoms with E-state index in [1.807, 2.05) is 0 Å². The first kappa shape index (κ1) is 18.3. The van der Waals surface area contributed by atoms with E-state index in [1.165, 1.54) is 28.6 Å². The van der Waals surface area contributed by atoms with E-state index >= 15 is 0 Å². The van der Waals surface area contributed by atoms with Crippen molar-refractivity contribution < 1.29 is 22.9 Å². The van der Waals surface area contributed by atoms with E-state index in [-0.39, 0.29) is 16.4 Å². The first-order valence-corrected chi connectivity index (χ1v) is 10.2. The van der Waals surface area contributed by atoms with Gasteiger partial charge in [0.15, 0.2) is 5.78 Å². The van der Waals surface area contributed by atoms with Gasteiger partial charge in [-0.25, -0.2) is 8.42 Å². The summed E-state index contributed by atoms with van der Waals surface area (Å²) in [5, 5.41) is 10.9. The predicted octanol–water partition coefficient (Wildman–Crippen LogP) is 2.05. The summed E-state index contributed by atoms with van der Waals surface area (Å²) in [6.45, 7) is 3.88. The Hall–Kier alpha value is -2.10. The van der Waals surface area contributed by atoms with Gasteiger partial charge in [-0.3, -0.25) is 14.9 Å². The molecular weight excluding hydrogens is 372 g/mol. The van der Waals surface area contributed by atoms with Crippen molar-refractivity contribution in [3.8, 4) is 0 Å². The number of rotatable bonds is 3. The van der Waals surface area contributed by atoms with Crippen LogP contribution in [0.4, 0.5) is 5.69 Å². The van der Waals surface area contributed by atoms with Crippen LogP contribution < -0.4 is 0 Å². The zero-order valence-corrected chi connectivity index (χ0v) is 15.8. The number of sulfonamides is 1. The molecule has 9 heteroatoms. The molecule has 4 rings (SSSR count). The summed E-state index contributed by atoms with van der Waals surface area (Å²) in [5.74, 6) is -0.0904. The lowest BCUT2D eigenvalue weighted by atomic mass is 9.70. The Kier molecular flexibility index (Phi) is 3.86. The van der Waals surface area contributed by atoms with Crippen LogP contribution in [0.3, 0.4) is 0 Å². The molecule has 1 spiro atoms. The Morgan fingerprint density at radius 2 is 1.93 bits per heavy atom. The van der Waals surface area contributed by atoms with Crippen molar-refractivity contribution in [2.24, 2.45) is 5.41 Å². The maximum Gasteiger partial charge on any atom is 0.269 e. The van der Waals surface area contributed by atoms with Crippen LogP contribution in [0.2, 0.25) is 0 Å². The lowest BCUT2D eigenvalue weighted by Gasteiger charge is -2.54. The number of ether oxygens (including phenoxy) is 1. The number of benzene rings is 1. The third kappa shape index (κ3) is 2.35. The molecule has 1 aromatic rings. The summed E-state index contributed by atoms with van der Waals surface area (Å²) in [5.41, 5.74) is -2.15. The smallest absolute Gasteiger partial charge is 0.269 e. The monoisotopic (exact) mass is 392 g/mol. The summed E-state index contributed by atoms with van der Waals surface area (Å²) < 4.78 is 34.2. The minimum atomic E-state index is -4.00. The van der Waals surface area contributed by atoms with E-state index < -0.39 is 38.0 Å². The number of hydrogen-bond acceptors (Lipinski definition) is 6. The average Bonchev–Trinajstić information content (AvgIpc) is 2.99. The van der Waals surface area contributed by atoms with E-state index in [0.29, 0.717) is 19.4 Å². The van der Waals surface area contributed by atoms with Gasteiger partial charge >= 0.3 is 0 Å². The first-order valence-electron chi connectivity index (χ1n) is 8.77. The number of hydrogen-bond donors (Lipinski definition) is 0. The standard InChI is InChI=1S/C18H20N2O6S/c1-17(2)14-8-10-18(9-3-11-26-16(18)15(17)21)19(14)27(24,25)13-6-4-12(5-7-13)20(22)23/h4-8,10,14,16H,3,9,11H2,1-2H3/t14-,16+,18+/m1/s1. The average molecular weight is 392 g/mol. The summed E-state index contributed by atoms with van der Waals surface area (Å²) in [7, 11) is -4.00. The van der Waals surface area contributed by atoms with Gasteiger partial charge in [0.2, 0.25) is 10.0 Å². The van der Waals surface area contributed by atoms with Crippen LogP contribution in [-0.4, -0.2) is 47.7 Å². The fourth-order valence-corrected chi connectivity index (χ4v) is 6.48. The fraction of sp³-hybridized carbons (Fsp3) is 0.500. The van der Waals surface area contributed by atoms with Gasteiger partial charge in [-0.15, -0.1) is 0 Å². The van der Waals surface area contributed by atoms with Crippen LogP contribution in [0, 0.1) is 15.5 Å². The Bertz CT molecular complexity index is 953. The second kappa shape index (κ2) is 5.70. The van der Waals surface area contributed by atoms with Crippen LogP contribution >= 0.6 is 0 Å². The number of fused-ring (bicyclic) bond motifs is 1. The van der Waals surface area contributed by atoms with Crippen LogP contribution in [0.5, 0.6) is 0 Å². The Morgan fingerprint density at radius 1 is 1.26 bits per heavy atom. The number of Topliss-reactive ketones (excluding diaryl/α,β-unsaturated/α-hetero) is 1. The first-order chi connectivity index (χ1) is 12.6. The van der Waals surface area contributed by atoms with Gasteiger partial charge in [0, 0.05) is 24.2 Å². The molecule has 1 aromatic carbocycles. The van der Waals surface area contributed by atoms with Gasteiger partial charge in [-0.05, 0) is 25.0 Å². The molecular formula is C18H20N2O6S. The zero-order chi connectivity index (χ0) is 19.6. The van der Waals surface area contributed by atoms with Gasteiger partial charge in [0.25, 0.3) is 5.69 Å². The second-order valence-corrected chi connectivity index (χ2v) is 9.60. The molecule has 0 saturated carbocycles. The maximum absolute atomic E-state index is 13.5. The molecule has 0 N–H and O–H groups in total. The molecule has 2 bridgehead atoms. The number of carbonyl (C=O) groups is 1. The van der Waals surface area contributed by atoms with E-state index in [4.69, 9.17) is 4.74 Å². The minimum Gasteiger partial charge on any atom is -0.368 e. The number of carbonyl (C=O) groups excluding carboxylic acids is 1. The number of nitrogens with zero attached hydrogens (tertiary/aromatic N) is 2. The quantitative estimate of drug-likeness (QED) is 0.443. The van der Waals surface area contributed by atoms with Crippen LogP contribution in [0.15, 0.2) is 41.3 Å². The third-order valence-electron chi connectivity index (χ3n) is 5.91. The molecule has 3 atom stereocenters. The molecule has 144 valence electrons. The number of nitro benzene ring substituents is 1. The van der Waals surface area contributed by atoms with Gasteiger partial charge < -0.3 is 4.74 Å². The molecule has 3 heterocycles. The Morgan fingerprint density at radius 3 is 2.56 bits per heavy atom. The van der Waals surface area contributed by atoms with Crippen LogP contribution in [0.25, 0.3) is 0 Å². The number of piperidine rings is 1. The minimum absolute atomic E-state index is 0.0318. The largest absolute Gasteiger partial charge is 0.368 e. The van der Waals surface area contributed by atoms with E-state index in [1.54, 1.807) is 26.0 Å². The van der Waals surface area contributed by atoms with Gasteiger partial charge in [-0.1, -0.05) is 26.0 Å².